The molecule has 1 aromatic carbocycles. The molecule has 6 heteroatoms. The van der Waals surface area contributed by atoms with Crippen molar-refractivity contribution in [3.8, 4) is 0 Å². The second-order valence-electron chi connectivity index (χ2n) is 5.35. The van der Waals surface area contributed by atoms with Crippen molar-refractivity contribution < 1.29 is 19.2 Å². The lowest BCUT2D eigenvalue weighted by atomic mass is 10.2. The van der Waals surface area contributed by atoms with E-state index in [1.165, 1.54) is 12.0 Å². The van der Waals surface area contributed by atoms with Gasteiger partial charge in [-0.2, -0.15) is 0 Å². The fourth-order valence-corrected chi connectivity index (χ4v) is 3.86. The Morgan fingerprint density at radius 1 is 1.32 bits per heavy atom. The van der Waals surface area contributed by atoms with Gasteiger partial charge < -0.3 is 15.0 Å². The number of rotatable bonds is 6. The van der Waals surface area contributed by atoms with Gasteiger partial charge in [-0.25, -0.2) is 4.79 Å². The molecule has 0 saturated heterocycles. The van der Waals surface area contributed by atoms with Gasteiger partial charge in [-0.05, 0) is 31.0 Å². The molecule has 1 heterocycles. The number of carbonyl (C=O) groups is 2. The zero-order chi connectivity index (χ0) is 16.1. The number of hydrogen-bond acceptors (Lipinski definition) is 4. The molecule has 1 aromatic rings. The molecule has 1 amide bonds. The molecular formula is C16H23N2O3S+. The number of benzene rings is 1. The summed E-state index contributed by atoms with van der Waals surface area (Å²) in [7, 11) is 1.35. The van der Waals surface area contributed by atoms with Gasteiger partial charge in [0, 0.05) is 4.90 Å². The molecule has 0 radical (unpaired) electrons. The average Bonchev–Trinajstić information content (AvgIpc) is 2.52. The van der Waals surface area contributed by atoms with Gasteiger partial charge in [0.25, 0.3) is 5.91 Å². The third kappa shape index (κ3) is 3.62. The highest BCUT2D eigenvalue weighted by molar-refractivity contribution is 8.00. The van der Waals surface area contributed by atoms with Gasteiger partial charge in [-0.1, -0.05) is 25.6 Å². The molecule has 1 aliphatic rings. The van der Waals surface area contributed by atoms with E-state index in [2.05, 4.69) is 19.2 Å². The monoisotopic (exact) mass is 323 g/mol. The van der Waals surface area contributed by atoms with Crippen molar-refractivity contribution in [1.29, 1.82) is 0 Å². The van der Waals surface area contributed by atoms with Crippen LogP contribution in [0, 0.1) is 0 Å². The average molecular weight is 323 g/mol. The highest BCUT2D eigenvalue weighted by Crippen LogP contribution is 2.34. The second-order valence-corrected chi connectivity index (χ2v) is 6.49. The van der Waals surface area contributed by atoms with Crippen LogP contribution in [0.2, 0.25) is 0 Å². The Balaban J connectivity index is 2.22. The van der Waals surface area contributed by atoms with E-state index in [0.29, 0.717) is 11.3 Å². The molecule has 1 atom stereocenters. The van der Waals surface area contributed by atoms with Gasteiger partial charge in [0.2, 0.25) is 5.37 Å². The van der Waals surface area contributed by atoms with Crippen molar-refractivity contribution in [3.63, 3.8) is 0 Å². The van der Waals surface area contributed by atoms with Gasteiger partial charge in [0.05, 0.1) is 31.5 Å². The lowest BCUT2D eigenvalue weighted by Gasteiger charge is -2.30. The summed E-state index contributed by atoms with van der Waals surface area (Å²) in [4.78, 5) is 26.3. The Labute approximate surface area is 135 Å². The van der Waals surface area contributed by atoms with Gasteiger partial charge in [0.15, 0.2) is 0 Å². The Morgan fingerprint density at radius 3 is 2.59 bits per heavy atom. The Bertz CT molecular complexity index is 556. The van der Waals surface area contributed by atoms with E-state index in [0.717, 1.165) is 30.8 Å². The number of quaternary nitrogens is 1. The van der Waals surface area contributed by atoms with Crippen molar-refractivity contribution in [2.45, 2.75) is 37.0 Å². The first-order valence-corrected chi connectivity index (χ1v) is 8.53. The molecule has 0 aromatic heterocycles. The summed E-state index contributed by atoms with van der Waals surface area (Å²) >= 11 is 1.58. The lowest BCUT2D eigenvalue weighted by molar-refractivity contribution is -0.901. The fraction of sp³-hybridized carbons (Fsp3) is 0.500. The number of amides is 1. The van der Waals surface area contributed by atoms with Crippen LogP contribution in [-0.4, -0.2) is 37.4 Å². The van der Waals surface area contributed by atoms with Crippen molar-refractivity contribution in [2.75, 3.05) is 25.5 Å². The zero-order valence-corrected chi connectivity index (χ0v) is 14.1. The zero-order valence-electron chi connectivity index (χ0n) is 13.3. The maximum atomic E-state index is 12.4. The summed E-state index contributed by atoms with van der Waals surface area (Å²) in [6.07, 6.45) is 2.10. The number of thioether (sulfide) groups is 1. The van der Waals surface area contributed by atoms with Crippen LogP contribution in [0.25, 0.3) is 0 Å². The van der Waals surface area contributed by atoms with Crippen LogP contribution < -0.4 is 10.2 Å². The van der Waals surface area contributed by atoms with Gasteiger partial charge in [-0.3, -0.25) is 4.79 Å². The number of hydrogen-bond donors (Lipinski definition) is 2. The number of anilines is 1. The molecule has 2 N–H and O–H groups in total. The summed E-state index contributed by atoms with van der Waals surface area (Å²) in [6, 6.07) is 5.31. The maximum Gasteiger partial charge on any atom is 0.337 e. The molecule has 0 aliphatic carbocycles. The van der Waals surface area contributed by atoms with Crippen molar-refractivity contribution in [2.24, 2.45) is 0 Å². The minimum atomic E-state index is -0.395. The molecule has 0 spiro atoms. The van der Waals surface area contributed by atoms with Crippen molar-refractivity contribution in [1.82, 2.24) is 0 Å². The van der Waals surface area contributed by atoms with Crippen LogP contribution in [-0.2, 0) is 9.53 Å². The fourth-order valence-electron chi connectivity index (χ4n) is 2.65. The summed E-state index contributed by atoms with van der Waals surface area (Å²) in [5.41, 5.74) is 1.15. The first-order valence-electron chi connectivity index (χ1n) is 7.65. The normalized spacial score (nSPS) is 17.1. The molecule has 0 bridgehead atoms. The Kier molecular flexibility index (Phi) is 5.85. The van der Waals surface area contributed by atoms with Crippen LogP contribution >= 0.6 is 11.8 Å². The Morgan fingerprint density at radius 2 is 2.00 bits per heavy atom. The number of methoxy groups -OCH3 is 1. The summed E-state index contributed by atoms with van der Waals surface area (Å²) in [5.74, 6) is -0.384. The number of carbonyl (C=O) groups excluding carboxylic acids is 2. The van der Waals surface area contributed by atoms with Gasteiger partial charge in [0.1, 0.15) is 0 Å². The minimum absolute atomic E-state index is 0.0106. The minimum Gasteiger partial charge on any atom is -0.465 e. The molecule has 1 unspecified atom stereocenters. The number of nitrogens with one attached hydrogen (secondary N) is 2. The number of fused-ring (bicyclic) bond motifs is 1. The highest BCUT2D eigenvalue weighted by Gasteiger charge is 2.35. The standard InChI is InChI=1S/C16H22N2O3S/c1-4-8-18(9-5-2)15-14(19)17-12-10-11(16(20)21-3)6-7-13(12)22-15/h6-7,10,15H,4-5,8-9H2,1-3H3,(H,17,19)/p+1. The summed E-state index contributed by atoms with van der Waals surface area (Å²) in [6.45, 7) is 6.23. The van der Waals surface area contributed by atoms with E-state index < -0.39 is 5.97 Å². The quantitative estimate of drug-likeness (QED) is 0.780. The van der Waals surface area contributed by atoms with E-state index in [-0.39, 0.29) is 11.3 Å². The molecule has 22 heavy (non-hydrogen) atoms. The SMILES string of the molecule is CCC[NH+](CCC)C1Sc2ccc(C(=O)OC)cc2NC1=O. The first kappa shape index (κ1) is 16.8. The predicted molar refractivity (Wildman–Crippen MR) is 87.3 cm³/mol. The molecule has 1 aliphatic heterocycles. The number of esters is 1. The van der Waals surface area contributed by atoms with Crippen LogP contribution in [0.15, 0.2) is 23.1 Å². The molecule has 120 valence electrons. The molecule has 5 nitrogen and oxygen atoms in total. The molecule has 2 rings (SSSR count). The van der Waals surface area contributed by atoms with Crippen LogP contribution in [0.3, 0.4) is 0 Å². The number of ether oxygens (including phenoxy) is 1. The van der Waals surface area contributed by atoms with Crippen LogP contribution in [0.5, 0.6) is 0 Å². The topological polar surface area (TPSA) is 59.8 Å². The predicted octanol–water partition coefficient (Wildman–Crippen LogP) is 1.55. The van der Waals surface area contributed by atoms with E-state index in [9.17, 15) is 9.59 Å². The van der Waals surface area contributed by atoms with E-state index in [4.69, 9.17) is 4.74 Å². The summed E-state index contributed by atoms with van der Waals surface area (Å²) in [5, 5.41) is 2.81. The molecular weight excluding hydrogens is 300 g/mol. The third-order valence-electron chi connectivity index (χ3n) is 3.65. The van der Waals surface area contributed by atoms with Crippen molar-refractivity contribution >= 4 is 29.3 Å². The Hall–Kier alpha value is -1.53. The van der Waals surface area contributed by atoms with Crippen LogP contribution in [0.1, 0.15) is 37.0 Å². The molecule has 0 fully saturated rings. The molecule has 0 saturated carbocycles. The lowest BCUT2D eigenvalue weighted by Crippen LogP contribution is -3.16. The van der Waals surface area contributed by atoms with Crippen LogP contribution in [0.4, 0.5) is 5.69 Å². The van der Waals surface area contributed by atoms with Gasteiger partial charge >= 0.3 is 5.97 Å². The van der Waals surface area contributed by atoms with Crippen molar-refractivity contribution in [3.05, 3.63) is 23.8 Å². The highest BCUT2D eigenvalue weighted by atomic mass is 32.2. The maximum absolute atomic E-state index is 12.4. The summed E-state index contributed by atoms with van der Waals surface area (Å²) < 4.78 is 4.71. The van der Waals surface area contributed by atoms with E-state index >= 15 is 0 Å². The first-order chi connectivity index (χ1) is 10.6. The smallest absolute Gasteiger partial charge is 0.337 e. The largest absolute Gasteiger partial charge is 0.465 e. The van der Waals surface area contributed by atoms with Gasteiger partial charge in [-0.15, -0.1) is 0 Å². The van der Waals surface area contributed by atoms with E-state index in [1.807, 2.05) is 6.07 Å². The third-order valence-corrected chi connectivity index (χ3v) is 5.05. The van der Waals surface area contributed by atoms with E-state index in [1.54, 1.807) is 23.9 Å². The second kappa shape index (κ2) is 7.65.